The van der Waals surface area contributed by atoms with Gasteiger partial charge in [-0.2, -0.15) is 13.2 Å². The van der Waals surface area contributed by atoms with Gasteiger partial charge in [-0.3, -0.25) is 0 Å². The van der Waals surface area contributed by atoms with Crippen molar-refractivity contribution in [1.82, 2.24) is 0 Å². The van der Waals surface area contributed by atoms with E-state index in [9.17, 15) is 13.2 Å². The lowest BCUT2D eigenvalue weighted by atomic mass is 9.82. The van der Waals surface area contributed by atoms with Crippen molar-refractivity contribution in [2.45, 2.75) is 59.1 Å². The van der Waals surface area contributed by atoms with Gasteiger partial charge in [0.05, 0.1) is 5.56 Å². The molecule has 113 valence electrons. The maximum absolute atomic E-state index is 12.8. The van der Waals surface area contributed by atoms with Gasteiger partial charge in [-0.25, -0.2) is 0 Å². The van der Waals surface area contributed by atoms with Gasteiger partial charge in [0, 0.05) is 0 Å². The molecule has 1 aromatic carbocycles. The van der Waals surface area contributed by atoms with Crippen molar-refractivity contribution in [3.05, 3.63) is 41.8 Å². The Balaban J connectivity index is 2.91. The molecule has 0 heterocycles. The largest absolute Gasteiger partial charge is 0.416 e. The van der Waals surface area contributed by atoms with Crippen LogP contribution in [-0.4, -0.2) is 0 Å². The van der Waals surface area contributed by atoms with Gasteiger partial charge in [0.2, 0.25) is 0 Å². The molecule has 1 rings (SSSR count). The second kappa shape index (κ2) is 6.64. The van der Waals surface area contributed by atoms with Crippen LogP contribution in [0.15, 0.2) is 24.3 Å². The van der Waals surface area contributed by atoms with E-state index in [1.54, 1.807) is 6.07 Å². The molecule has 0 aliphatic rings. The normalized spacial score (nSPS) is 14.3. The first kappa shape index (κ1) is 17.1. The maximum atomic E-state index is 12.8. The molecule has 1 radical (unpaired) electrons. The summed E-state index contributed by atoms with van der Waals surface area (Å²) in [5.74, 6) is 0.0986. The molecule has 0 N–H and O–H groups in total. The summed E-state index contributed by atoms with van der Waals surface area (Å²) in [5, 5.41) is 0. The molecule has 1 aromatic rings. The fourth-order valence-electron chi connectivity index (χ4n) is 2.24. The summed E-state index contributed by atoms with van der Waals surface area (Å²) in [7, 11) is 0. The number of halogens is 3. The molecule has 1 unspecified atom stereocenters. The van der Waals surface area contributed by atoms with Crippen molar-refractivity contribution >= 4 is 0 Å². The standard InChI is InChI=1S/C17H24F3/c1-5-7-13(10-11-16(2,3)4)14-8-6-9-15(12-14)17(18,19)20/h6-9,12-13H,5,10-11H2,1-4H3. The predicted molar refractivity (Wildman–Crippen MR) is 77.5 cm³/mol. The van der Waals surface area contributed by atoms with E-state index in [0.717, 1.165) is 30.9 Å². The molecule has 0 spiro atoms. The zero-order valence-electron chi connectivity index (χ0n) is 12.7. The minimum atomic E-state index is -4.27. The highest BCUT2D eigenvalue weighted by molar-refractivity contribution is 5.29. The molecule has 0 saturated carbocycles. The van der Waals surface area contributed by atoms with E-state index in [0.29, 0.717) is 0 Å². The summed E-state index contributed by atoms with van der Waals surface area (Å²) in [6.45, 7) is 8.49. The fourth-order valence-corrected chi connectivity index (χ4v) is 2.24. The third-order valence-electron chi connectivity index (χ3n) is 3.37. The van der Waals surface area contributed by atoms with E-state index in [1.807, 2.05) is 6.92 Å². The Hall–Kier alpha value is -0.990. The third-order valence-corrected chi connectivity index (χ3v) is 3.37. The number of alkyl halides is 3. The molecule has 0 nitrogen and oxygen atoms in total. The lowest BCUT2D eigenvalue weighted by Gasteiger charge is -2.23. The highest BCUT2D eigenvalue weighted by atomic mass is 19.4. The van der Waals surface area contributed by atoms with Crippen LogP contribution in [0.4, 0.5) is 13.2 Å². The Kier molecular flexibility index (Phi) is 5.67. The molecule has 0 fully saturated rings. The molecule has 3 heteroatoms. The van der Waals surface area contributed by atoms with Gasteiger partial charge in [-0.15, -0.1) is 0 Å². The van der Waals surface area contributed by atoms with Crippen molar-refractivity contribution in [3.8, 4) is 0 Å². The highest BCUT2D eigenvalue weighted by Crippen LogP contribution is 2.35. The van der Waals surface area contributed by atoms with E-state index in [-0.39, 0.29) is 11.3 Å². The Morgan fingerprint density at radius 2 is 1.80 bits per heavy atom. The predicted octanol–water partition coefficient (Wildman–Crippen LogP) is 6.23. The molecule has 20 heavy (non-hydrogen) atoms. The first-order chi connectivity index (χ1) is 9.13. The van der Waals surface area contributed by atoms with E-state index in [2.05, 4.69) is 27.2 Å². The quantitative estimate of drug-likeness (QED) is 0.601. The van der Waals surface area contributed by atoms with Crippen LogP contribution >= 0.6 is 0 Å². The van der Waals surface area contributed by atoms with Crippen LogP contribution < -0.4 is 0 Å². The fraction of sp³-hybridized carbons (Fsp3) is 0.588. The molecular formula is C17H24F3. The van der Waals surface area contributed by atoms with E-state index >= 15 is 0 Å². The lowest BCUT2D eigenvalue weighted by Crippen LogP contribution is -2.10. The van der Waals surface area contributed by atoms with Crippen LogP contribution in [0, 0.1) is 11.8 Å². The smallest absolute Gasteiger partial charge is 0.166 e. The van der Waals surface area contributed by atoms with Gasteiger partial charge in [0.25, 0.3) is 0 Å². The summed E-state index contributed by atoms with van der Waals surface area (Å²) in [5.41, 5.74) is 0.410. The van der Waals surface area contributed by atoms with Gasteiger partial charge >= 0.3 is 6.18 Å². The van der Waals surface area contributed by atoms with E-state index in [1.165, 1.54) is 12.1 Å². The Bertz CT molecular complexity index is 413. The molecule has 0 amide bonds. The van der Waals surface area contributed by atoms with Gasteiger partial charge in [-0.1, -0.05) is 52.3 Å². The van der Waals surface area contributed by atoms with Gasteiger partial charge in [0.15, 0.2) is 0 Å². The molecule has 0 saturated heterocycles. The summed E-state index contributed by atoms with van der Waals surface area (Å²) >= 11 is 0. The number of hydrogen-bond acceptors (Lipinski definition) is 0. The first-order valence-electron chi connectivity index (χ1n) is 7.14. The van der Waals surface area contributed by atoms with E-state index < -0.39 is 11.7 Å². The van der Waals surface area contributed by atoms with Crippen LogP contribution in [0.2, 0.25) is 0 Å². The highest BCUT2D eigenvalue weighted by Gasteiger charge is 2.31. The maximum Gasteiger partial charge on any atom is 0.416 e. The van der Waals surface area contributed by atoms with Crippen LogP contribution in [0.1, 0.15) is 64.0 Å². The number of rotatable bonds is 5. The molecule has 0 aliphatic carbocycles. The van der Waals surface area contributed by atoms with Crippen molar-refractivity contribution in [2.24, 2.45) is 5.41 Å². The van der Waals surface area contributed by atoms with Crippen molar-refractivity contribution in [2.75, 3.05) is 0 Å². The van der Waals surface area contributed by atoms with Crippen molar-refractivity contribution < 1.29 is 13.2 Å². The Morgan fingerprint density at radius 1 is 1.15 bits per heavy atom. The minimum Gasteiger partial charge on any atom is -0.166 e. The third kappa shape index (κ3) is 5.56. The number of benzene rings is 1. The molecule has 0 aliphatic heterocycles. The summed E-state index contributed by atoms with van der Waals surface area (Å²) in [4.78, 5) is 0. The van der Waals surface area contributed by atoms with E-state index in [4.69, 9.17) is 0 Å². The Labute approximate surface area is 120 Å². The molecular weight excluding hydrogens is 261 g/mol. The summed E-state index contributed by atoms with van der Waals surface area (Å²) < 4.78 is 38.3. The second-order valence-corrected chi connectivity index (χ2v) is 6.47. The molecule has 0 bridgehead atoms. The van der Waals surface area contributed by atoms with Crippen molar-refractivity contribution in [1.29, 1.82) is 0 Å². The van der Waals surface area contributed by atoms with Crippen molar-refractivity contribution in [3.63, 3.8) is 0 Å². The molecule has 1 atom stereocenters. The van der Waals surface area contributed by atoms with Gasteiger partial charge < -0.3 is 0 Å². The summed E-state index contributed by atoms with van der Waals surface area (Å²) in [6, 6.07) is 5.73. The van der Waals surface area contributed by atoms with Gasteiger partial charge in [-0.05, 0) is 42.2 Å². The topological polar surface area (TPSA) is 0 Å². The minimum absolute atomic E-state index is 0.0986. The van der Waals surface area contributed by atoms with Crippen LogP contribution in [0.3, 0.4) is 0 Å². The Morgan fingerprint density at radius 3 is 2.30 bits per heavy atom. The molecule has 0 aromatic heterocycles. The monoisotopic (exact) mass is 285 g/mol. The average molecular weight is 285 g/mol. The first-order valence-corrected chi connectivity index (χ1v) is 7.14. The van der Waals surface area contributed by atoms with Crippen LogP contribution in [0.25, 0.3) is 0 Å². The average Bonchev–Trinajstić information content (AvgIpc) is 2.32. The second-order valence-electron chi connectivity index (χ2n) is 6.47. The van der Waals surface area contributed by atoms with Crippen LogP contribution in [0.5, 0.6) is 0 Å². The lowest BCUT2D eigenvalue weighted by molar-refractivity contribution is -0.137. The van der Waals surface area contributed by atoms with Crippen LogP contribution in [-0.2, 0) is 6.18 Å². The SMILES string of the molecule is CC[CH]C(CCC(C)(C)C)c1cccc(C(F)(F)F)c1. The van der Waals surface area contributed by atoms with Gasteiger partial charge in [0.1, 0.15) is 0 Å². The number of hydrogen-bond donors (Lipinski definition) is 0. The zero-order valence-corrected chi connectivity index (χ0v) is 12.7. The zero-order chi connectivity index (χ0) is 15.4. The summed E-state index contributed by atoms with van der Waals surface area (Å²) in [6.07, 6.45) is 0.589.